The molecule has 1 aromatic carbocycles. The molecule has 0 saturated heterocycles. The number of hydrogen-bond donors (Lipinski definition) is 2. The molecule has 0 saturated carbocycles. The first-order chi connectivity index (χ1) is 9.72. The van der Waals surface area contributed by atoms with Gasteiger partial charge >= 0.3 is 0 Å². The standard InChI is InChI=1S/C13H18F3NO3S/c1-3-8(4-2)12(18)7-17-21(19,20)9-5-10(14)13(16)11(15)6-9/h5-6,8,12,17-18H,3-4,7H2,1-2H3. The highest BCUT2D eigenvalue weighted by Crippen LogP contribution is 2.18. The van der Waals surface area contributed by atoms with Gasteiger partial charge in [-0.1, -0.05) is 26.7 Å². The smallest absolute Gasteiger partial charge is 0.240 e. The van der Waals surface area contributed by atoms with Crippen molar-refractivity contribution < 1.29 is 26.7 Å². The Morgan fingerprint density at radius 3 is 2.05 bits per heavy atom. The van der Waals surface area contributed by atoms with Gasteiger partial charge in [-0.25, -0.2) is 26.3 Å². The van der Waals surface area contributed by atoms with Crippen LogP contribution >= 0.6 is 0 Å². The van der Waals surface area contributed by atoms with Crippen molar-refractivity contribution in [2.75, 3.05) is 6.54 Å². The summed E-state index contributed by atoms with van der Waals surface area (Å²) in [5.74, 6) is -4.99. The van der Waals surface area contributed by atoms with Crippen molar-refractivity contribution in [3.63, 3.8) is 0 Å². The molecule has 1 atom stereocenters. The van der Waals surface area contributed by atoms with Crippen molar-refractivity contribution >= 4 is 10.0 Å². The van der Waals surface area contributed by atoms with Crippen molar-refractivity contribution in [3.8, 4) is 0 Å². The van der Waals surface area contributed by atoms with Gasteiger partial charge in [0.1, 0.15) is 0 Å². The largest absolute Gasteiger partial charge is 0.391 e. The molecule has 1 aromatic rings. The fraction of sp³-hybridized carbons (Fsp3) is 0.538. The zero-order chi connectivity index (χ0) is 16.2. The average molecular weight is 325 g/mol. The third kappa shape index (κ3) is 4.42. The van der Waals surface area contributed by atoms with Crippen LogP contribution in [0.5, 0.6) is 0 Å². The van der Waals surface area contributed by atoms with Crippen LogP contribution in [0.25, 0.3) is 0 Å². The Kier molecular flexibility index (Phi) is 6.18. The number of benzene rings is 1. The van der Waals surface area contributed by atoms with Crippen LogP contribution in [-0.4, -0.2) is 26.2 Å². The van der Waals surface area contributed by atoms with E-state index in [0.717, 1.165) is 0 Å². The number of sulfonamides is 1. The van der Waals surface area contributed by atoms with E-state index in [1.54, 1.807) is 0 Å². The van der Waals surface area contributed by atoms with Crippen molar-refractivity contribution in [1.82, 2.24) is 4.72 Å². The van der Waals surface area contributed by atoms with Gasteiger partial charge in [-0.15, -0.1) is 0 Å². The first-order valence-corrected chi connectivity index (χ1v) is 8.03. The minimum absolute atomic E-state index is 0.0885. The lowest BCUT2D eigenvalue weighted by atomic mass is 9.97. The highest BCUT2D eigenvalue weighted by molar-refractivity contribution is 7.89. The third-order valence-electron chi connectivity index (χ3n) is 3.34. The van der Waals surface area contributed by atoms with E-state index in [4.69, 9.17) is 0 Å². The van der Waals surface area contributed by atoms with Crippen LogP contribution in [0.15, 0.2) is 17.0 Å². The minimum Gasteiger partial charge on any atom is -0.391 e. The highest BCUT2D eigenvalue weighted by Gasteiger charge is 2.22. The van der Waals surface area contributed by atoms with Gasteiger partial charge in [-0.05, 0) is 18.1 Å². The van der Waals surface area contributed by atoms with E-state index in [2.05, 4.69) is 4.72 Å². The van der Waals surface area contributed by atoms with E-state index < -0.39 is 38.5 Å². The third-order valence-corrected chi connectivity index (χ3v) is 4.75. The Hall–Kier alpha value is -1.12. The summed E-state index contributed by atoms with van der Waals surface area (Å²) in [5.41, 5.74) is 0. The Morgan fingerprint density at radius 1 is 1.14 bits per heavy atom. The molecule has 8 heteroatoms. The van der Waals surface area contributed by atoms with Crippen molar-refractivity contribution in [1.29, 1.82) is 0 Å². The zero-order valence-electron chi connectivity index (χ0n) is 11.7. The fourth-order valence-electron chi connectivity index (χ4n) is 1.97. The number of hydrogen-bond acceptors (Lipinski definition) is 3. The second-order valence-electron chi connectivity index (χ2n) is 4.70. The number of nitrogens with one attached hydrogen (secondary N) is 1. The SMILES string of the molecule is CCC(CC)C(O)CNS(=O)(=O)c1cc(F)c(F)c(F)c1. The summed E-state index contributed by atoms with van der Waals surface area (Å²) in [6.45, 7) is 3.43. The summed E-state index contributed by atoms with van der Waals surface area (Å²) in [6, 6.07) is 0.786. The van der Waals surface area contributed by atoms with E-state index in [1.807, 2.05) is 13.8 Å². The van der Waals surface area contributed by atoms with Gasteiger partial charge in [0, 0.05) is 6.54 Å². The molecule has 0 aliphatic heterocycles. The van der Waals surface area contributed by atoms with Gasteiger partial charge in [0.2, 0.25) is 10.0 Å². The molecule has 0 fully saturated rings. The molecule has 0 aliphatic rings. The lowest BCUT2D eigenvalue weighted by molar-refractivity contribution is 0.107. The van der Waals surface area contributed by atoms with E-state index in [1.165, 1.54) is 0 Å². The molecule has 0 aliphatic carbocycles. The summed E-state index contributed by atoms with van der Waals surface area (Å²) in [4.78, 5) is -0.726. The van der Waals surface area contributed by atoms with Gasteiger partial charge in [-0.3, -0.25) is 0 Å². The lowest BCUT2D eigenvalue weighted by Gasteiger charge is -2.20. The monoisotopic (exact) mass is 325 g/mol. The molecule has 0 amide bonds. The van der Waals surface area contributed by atoms with Crippen LogP contribution in [0.1, 0.15) is 26.7 Å². The van der Waals surface area contributed by atoms with Gasteiger partial charge in [-0.2, -0.15) is 0 Å². The van der Waals surface area contributed by atoms with Crippen molar-refractivity contribution in [2.24, 2.45) is 5.92 Å². The second-order valence-corrected chi connectivity index (χ2v) is 6.46. The summed E-state index contributed by atoms with van der Waals surface area (Å²) in [7, 11) is -4.22. The average Bonchev–Trinajstić information content (AvgIpc) is 2.43. The topological polar surface area (TPSA) is 66.4 Å². The number of aliphatic hydroxyl groups is 1. The van der Waals surface area contributed by atoms with Gasteiger partial charge in [0.25, 0.3) is 0 Å². The van der Waals surface area contributed by atoms with Crippen molar-refractivity contribution in [3.05, 3.63) is 29.6 Å². The predicted molar refractivity (Wildman–Crippen MR) is 71.6 cm³/mol. The molecule has 120 valence electrons. The quantitative estimate of drug-likeness (QED) is 0.755. The molecule has 4 nitrogen and oxygen atoms in total. The van der Waals surface area contributed by atoms with Crippen LogP contribution in [-0.2, 0) is 10.0 Å². The van der Waals surface area contributed by atoms with Crippen LogP contribution in [0.3, 0.4) is 0 Å². The molecular weight excluding hydrogens is 307 g/mol. The summed E-state index contributed by atoms with van der Waals surface area (Å²) < 4.78 is 64.7. The van der Waals surface area contributed by atoms with Crippen LogP contribution in [0.4, 0.5) is 13.2 Å². The van der Waals surface area contributed by atoms with E-state index in [0.29, 0.717) is 25.0 Å². The molecule has 2 N–H and O–H groups in total. The Morgan fingerprint density at radius 2 is 1.62 bits per heavy atom. The normalized spacial score (nSPS) is 13.7. The molecule has 0 spiro atoms. The van der Waals surface area contributed by atoms with Gasteiger partial charge in [0.05, 0.1) is 11.0 Å². The predicted octanol–water partition coefficient (Wildman–Crippen LogP) is 2.18. The van der Waals surface area contributed by atoms with Gasteiger partial charge < -0.3 is 5.11 Å². The number of halogens is 3. The lowest BCUT2D eigenvalue weighted by Crippen LogP contribution is -2.36. The maximum Gasteiger partial charge on any atom is 0.240 e. The van der Waals surface area contributed by atoms with Crippen molar-refractivity contribution in [2.45, 2.75) is 37.7 Å². The summed E-state index contributed by atoms with van der Waals surface area (Å²) in [5, 5.41) is 9.84. The first-order valence-electron chi connectivity index (χ1n) is 6.55. The zero-order valence-corrected chi connectivity index (χ0v) is 12.6. The van der Waals surface area contributed by atoms with E-state index in [9.17, 15) is 26.7 Å². The summed E-state index contributed by atoms with van der Waals surface area (Å²) >= 11 is 0. The molecule has 0 radical (unpaired) electrons. The number of rotatable bonds is 7. The van der Waals surface area contributed by atoms with Gasteiger partial charge in [0.15, 0.2) is 17.5 Å². The van der Waals surface area contributed by atoms with Crippen LogP contribution in [0, 0.1) is 23.4 Å². The Balaban J connectivity index is 2.88. The minimum atomic E-state index is -4.22. The second kappa shape index (κ2) is 7.24. The maximum atomic E-state index is 13.1. The maximum absolute atomic E-state index is 13.1. The Bertz CT molecular complexity index is 565. The van der Waals surface area contributed by atoms with E-state index in [-0.39, 0.29) is 12.5 Å². The Labute approximate surface area is 122 Å². The van der Waals surface area contributed by atoms with E-state index >= 15 is 0 Å². The fourth-order valence-corrected chi connectivity index (χ4v) is 3.04. The molecule has 1 unspecified atom stereocenters. The molecule has 0 bridgehead atoms. The highest BCUT2D eigenvalue weighted by atomic mass is 32.2. The molecule has 0 heterocycles. The molecule has 21 heavy (non-hydrogen) atoms. The molecule has 0 aromatic heterocycles. The summed E-state index contributed by atoms with van der Waals surface area (Å²) in [6.07, 6.45) is 0.420. The number of aliphatic hydroxyl groups excluding tert-OH is 1. The van der Waals surface area contributed by atoms with Crippen LogP contribution < -0.4 is 4.72 Å². The molecular formula is C13H18F3NO3S. The van der Waals surface area contributed by atoms with Crippen LogP contribution in [0.2, 0.25) is 0 Å². The molecule has 1 rings (SSSR count). The first kappa shape index (κ1) is 17.9.